The molecule has 0 bridgehead atoms. The molecule has 1 saturated heterocycles. The van der Waals surface area contributed by atoms with Gasteiger partial charge in [-0.1, -0.05) is 12.8 Å². The summed E-state index contributed by atoms with van der Waals surface area (Å²) in [5, 5.41) is 3.16. The molecule has 2 fully saturated rings. The van der Waals surface area contributed by atoms with Crippen LogP contribution in [0.3, 0.4) is 0 Å². The third-order valence-corrected chi connectivity index (χ3v) is 4.97. The van der Waals surface area contributed by atoms with Crippen molar-refractivity contribution in [2.45, 2.75) is 51.0 Å². The highest BCUT2D eigenvalue weighted by Crippen LogP contribution is 2.31. The number of nitrogens with one attached hydrogen (secondary N) is 1. The first-order chi connectivity index (χ1) is 8.99. The Kier molecular flexibility index (Phi) is 9.17. The highest BCUT2D eigenvalue weighted by Gasteiger charge is 2.37. The molecule has 6 heteroatoms. The standard InChI is InChI=1S/C15H29N3O.2ClH/c1-15(16)8-4-3-5-13(15)14(19)17-11-12-6-9-18(2)10-7-12;;/h12-13H,3-11,16H2,1-2H3,(H,17,19);2*1H. The van der Waals surface area contributed by atoms with Crippen LogP contribution in [-0.4, -0.2) is 43.0 Å². The Morgan fingerprint density at radius 1 is 1.24 bits per heavy atom. The van der Waals surface area contributed by atoms with Gasteiger partial charge >= 0.3 is 0 Å². The number of carbonyl (C=O) groups is 1. The molecular formula is C15H31Cl2N3O. The van der Waals surface area contributed by atoms with Gasteiger partial charge in [-0.25, -0.2) is 0 Å². The normalized spacial score (nSPS) is 30.9. The molecule has 1 aliphatic carbocycles. The van der Waals surface area contributed by atoms with Crippen LogP contribution in [0.2, 0.25) is 0 Å². The molecule has 0 aromatic carbocycles. The SMILES string of the molecule is CN1CCC(CNC(=O)C2CCCCC2(C)N)CC1.Cl.Cl. The largest absolute Gasteiger partial charge is 0.356 e. The van der Waals surface area contributed by atoms with Crippen LogP contribution in [0.4, 0.5) is 0 Å². The van der Waals surface area contributed by atoms with Crippen LogP contribution in [0.1, 0.15) is 45.4 Å². The maximum Gasteiger partial charge on any atom is 0.224 e. The molecule has 0 aromatic heterocycles. The molecule has 4 nitrogen and oxygen atoms in total. The van der Waals surface area contributed by atoms with E-state index < -0.39 is 0 Å². The van der Waals surface area contributed by atoms with Crippen molar-refractivity contribution in [3.63, 3.8) is 0 Å². The van der Waals surface area contributed by atoms with Crippen molar-refractivity contribution in [2.24, 2.45) is 17.6 Å². The van der Waals surface area contributed by atoms with Gasteiger partial charge < -0.3 is 16.0 Å². The van der Waals surface area contributed by atoms with E-state index >= 15 is 0 Å². The third-order valence-electron chi connectivity index (χ3n) is 4.97. The van der Waals surface area contributed by atoms with E-state index in [0.717, 1.165) is 45.3 Å². The molecule has 2 unspecified atom stereocenters. The van der Waals surface area contributed by atoms with Crippen molar-refractivity contribution in [1.82, 2.24) is 10.2 Å². The number of nitrogens with zero attached hydrogens (tertiary/aromatic N) is 1. The number of likely N-dealkylation sites (tertiary alicyclic amines) is 1. The minimum absolute atomic E-state index is 0. The minimum Gasteiger partial charge on any atom is -0.356 e. The van der Waals surface area contributed by atoms with E-state index in [4.69, 9.17) is 5.73 Å². The number of amides is 1. The number of rotatable bonds is 3. The van der Waals surface area contributed by atoms with E-state index in [1.807, 2.05) is 6.92 Å². The highest BCUT2D eigenvalue weighted by atomic mass is 35.5. The Bertz CT molecular complexity index is 318. The van der Waals surface area contributed by atoms with Crippen molar-refractivity contribution in [1.29, 1.82) is 0 Å². The molecule has 0 spiro atoms. The predicted molar refractivity (Wildman–Crippen MR) is 92.3 cm³/mol. The van der Waals surface area contributed by atoms with Gasteiger partial charge in [0.15, 0.2) is 0 Å². The van der Waals surface area contributed by atoms with Crippen LogP contribution < -0.4 is 11.1 Å². The second-order valence-electron chi connectivity index (χ2n) is 6.80. The molecule has 126 valence electrons. The minimum atomic E-state index is -0.310. The van der Waals surface area contributed by atoms with E-state index in [2.05, 4.69) is 17.3 Å². The van der Waals surface area contributed by atoms with Crippen LogP contribution in [0.5, 0.6) is 0 Å². The number of hydrogen-bond donors (Lipinski definition) is 2. The molecule has 1 heterocycles. The average molecular weight is 340 g/mol. The second-order valence-corrected chi connectivity index (χ2v) is 6.80. The fourth-order valence-corrected chi connectivity index (χ4v) is 3.42. The van der Waals surface area contributed by atoms with Gasteiger partial charge in [-0.05, 0) is 58.7 Å². The molecular weight excluding hydrogens is 309 g/mol. The quantitative estimate of drug-likeness (QED) is 0.828. The first kappa shape index (κ1) is 21.0. The topological polar surface area (TPSA) is 58.4 Å². The summed E-state index contributed by atoms with van der Waals surface area (Å²) >= 11 is 0. The lowest BCUT2D eigenvalue weighted by molar-refractivity contribution is -0.128. The van der Waals surface area contributed by atoms with Crippen LogP contribution >= 0.6 is 24.8 Å². The Hall–Kier alpha value is -0.0300. The fourth-order valence-electron chi connectivity index (χ4n) is 3.42. The molecule has 3 N–H and O–H groups in total. The summed E-state index contributed by atoms with van der Waals surface area (Å²) in [6.45, 7) is 5.17. The number of hydrogen-bond acceptors (Lipinski definition) is 3. The van der Waals surface area contributed by atoms with Crippen molar-refractivity contribution in [3.05, 3.63) is 0 Å². The summed E-state index contributed by atoms with van der Waals surface area (Å²) in [6.07, 6.45) is 6.61. The Labute approximate surface area is 141 Å². The summed E-state index contributed by atoms with van der Waals surface area (Å²) in [7, 11) is 2.16. The summed E-state index contributed by atoms with van der Waals surface area (Å²) < 4.78 is 0. The van der Waals surface area contributed by atoms with Gasteiger partial charge in [0, 0.05) is 12.1 Å². The van der Waals surface area contributed by atoms with Gasteiger partial charge in [0.25, 0.3) is 0 Å². The summed E-state index contributed by atoms with van der Waals surface area (Å²) in [6, 6.07) is 0. The van der Waals surface area contributed by atoms with Gasteiger partial charge in [0.05, 0.1) is 5.92 Å². The number of piperidine rings is 1. The van der Waals surface area contributed by atoms with E-state index in [9.17, 15) is 4.79 Å². The Morgan fingerprint density at radius 3 is 2.43 bits per heavy atom. The third kappa shape index (κ3) is 5.93. The van der Waals surface area contributed by atoms with Crippen LogP contribution in [-0.2, 0) is 4.79 Å². The molecule has 21 heavy (non-hydrogen) atoms. The van der Waals surface area contributed by atoms with Crippen molar-refractivity contribution >= 4 is 30.7 Å². The van der Waals surface area contributed by atoms with Crippen LogP contribution in [0.25, 0.3) is 0 Å². The van der Waals surface area contributed by atoms with Crippen LogP contribution in [0, 0.1) is 11.8 Å². The number of nitrogens with two attached hydrogens (primary N) is 1. The molecule has 1 amide bonds. The molecule has 2 aliphatic rings. The maximum atomic E-state index is 12.3. The lowest BCUT2D eigenvalue weighted by Crippen LogP contribution is -2.53. The molecule has 1 saturated carbocycles. The fraction of sp³-hybridized carbons (Fsp3) is 0.933. The smallest absolute Gasteiger partial charge is 0.224 e. The van der Waals surface area contributed by atoms with Crippen LogP contribution in [0.15, 0.2) is 0 Å². The highest BCUT2D eigenvalue weighted by molar-refractivity contribution is 5.85. The van der Waals surface area contributed by atoms with Crippen molar-refractivity contribution < 1.29 is 4.79 Å². The zero-order valence-corrected chi connectivity index (χ0v) is 14.9. The average Bonchev–Trinajstić information content (AvgIpc) is 2.37. The molecule has 0 aromatic rings. The predicted octanol–water partition coefficient (Wildman–Crippen LogP) is 2.20. The van der Waals surface area contributed by atoms with E-state index in [1.165, 1.54) is 12.8 Å². The van der Waals surface area contributed by atoms with Gasteiger partial charge in [0.2, 0.25) is 5.91 Å². The van der Waals surface area contributed by atoms with Gasteiger partial charge in [-0.3, -0.25) is 4.79 Å². The van der Waals surface area contributed by atoms with E-state index in [-0.39, 0.29) is 42.2 Å². The monoisotopic (exact) mass is 339 g/mol. The summed E-state index contributed by atoms with van der Waals surface area (Å²) in [4.78, 5) is 14.7. The van der Waals surface area contributed by atoms with Gasteiger partial charge in [-0.2, -0.15) is 0 Å². The van der Waals surface area contributed by atoms with Crippen molar-refractivity contribution in [2.75, 3.05) is 26.7 Å². The Balaban J connectivity index is 0.00000200. The van der Waals surface area contributed by atoms with Gasteiger partial charge in [-0.15, -0.1) is 24.8 Å². The lowest BCUT2D eigenvalue weighted by atomic mass is 9.74. The summed E-state index contributed by atoms with van der Waals surface area (Å²) in [5.41, 5.74) is 5.97. The number of halogens is 2. The maximum absolute atomic E-state index is 12.3. The van der Waals surface area contributed by atoms with E-state index in [1.54, 1.807) is 0 Å². The summed E-state index contributed by atoms with van der Waals surface area (Å²) in [5.74, 6) is 0.837. The van der Waals surface area contributed by atoms with E-state index in [0.29, 0.717) is 5.92 Å². The Morgan fingerprint density at radius 2 is 1.86 bits per heavy atom. The first-order valence-electron chi connectivity index (χ1n) is 7.74. The zero-order valence-electron chi connectivity index (χ0n) is 13.3. The molecule has 2 atom stereocenters. The van der Waals surface area contributed by atoms with Gasteiger partial charge in [0.1, 0.15) is 0 Å². The molecule has 1 aliphatic heterocycles. The second kappa shape index (κ2) is 9.19. The zero-order chi connectivity index (χ0) is 13.9. The first-order valence-corrected chi connectivity index (χ1v) is 7.74. The molecule has 2 rings (SSSR count). The molecule has 0 radical (unpaired) electrons. The van der Waals surface area contributed by atoms with Crippen molar-refractivity contribution in [3.8, 4) is 0 Å². The number of carbonyl (C=O) groups excluding carboxylic acids is 1. The lowest BCUT2D eigenvalue weighted by Gasteiger charge is -2.37.